The lowest BCUT2D eigenvalue weighted by Gasteiger charge is -2.29. The lowest BCUT2D eigenvalue weighted by atomic mass is 10.1. The third-order valence-electron chi connectivity index (χ3n) is 3.31. The van der Waals surface area contributed by atoms with E-state index in [1.165, 1.54) is 0 Å². The summed E-state index contributed by atoms with van der Waals surface area (Å²) in [6, 6.07) is 4.19. The number of benzene rings is 1. The fourth-order valence-electron chi connectivity index (χ4n) is 2.17. The number of carbonyl (C=O) groups is 2. The fourth-order valence-corrected chi connectivity index (χ4v) is 2.44. The summed E-state index contributed by atoms with van der Waals surface area (Å²) in [5.41, 5.74) is 6.24. The largest absolute Gasteiger partial charge is 0.398 e. The summed E-state index contributed by atoms with van der Waals surface area (Å²) in [7, 11) is 0. The van der Waals surface area contributed by atoms with Gasteiger partial charge in [0, 0.05) is 18.8 Å². The van der Waals surface area contributed by atoms with Crippen molar-refractivity contribution in [3.63, 3.8) is 0 Å². The zero-order chi connectivity index (χ0) is 15.4. The van der Waals surface area contributed by atoms with E-state index in [0.29, 0.717) is 26.3 Å². The predicted molar refractivity (Wildman–Crippen MR) is 80.2 cm³/mol. The van der Waals surface area contributed by atoms with Crippen molar-refractivity contribution in [2.24, 2.45) is 0 Å². The van der Waals surface area contributed by atoms with Gasteiger partial charge in [-0.25, -0.2) is 0 Å². The van der Waals surface area contributed by atoms with Crippen LogP contribution < -0.4 is 11.1 Å². The highest BCUT2D eigenvalue weighted by atomic mass is 35.5. The van der Waals surface area contributed by atoms with Crippen molar-refractivity contribution >= 4 is 29.1 Å². The Morgan fingerprint density at radius 2 is 2.05 bits per heavy atom. The van der Waals surface area contributed by atoms with E-state index in [9.17, 15) is 9.59 Å². The highest BCUT2D eigenvalue weighted by molar-refractivity contribution is 6.34. The Hall–Kier alpha value is -1.79. The zero-order valence-corrected chi connectivity index (χ0v) is 12.5. The van der Waals surface area contributed by atoms with E-state index in [1.807, 2.05) is 0 Å². The Balaban J connectivity index is 2.03. The number of nitrogens with two attached hydrogens (primary N) is 1. The Labute approximate surface area is 128 Å². The molecule has 0 spiro atoms. The van der Waals surface area contributed by atoms with Crippen LogP contribution in [0.1, 0.15) is 17.3 Å². The first-order valence-electron chi connectivity index (χ1n) is 6.72. The van der Waals surface area contributed by atoms with Gasteiger partial charge in [-0.05, 0) is 19.1 Å². The van der Waals surface area contributed by atoms with Crippen molar-refractivity contribution in [2.75, 3.05) is 32.0 Å². The maximum atomic E-state index is 12.2. The van der Waals surface area contributed by atoms with Gasteiger partial charge in [0.15, 0.2) is 0 Å². The first-order valence-corrected chi connectivity index (χ1v) is 7.10. The molecule has 114 valence electrons. The molecule has 1 unspecified atom stereocenters. The Morgan fingerprint density at radius 3 is 2.67 bits per heavy atom. The molecule has 1 aliphatic heterocycles. The Kier molecular flexibility index (Phi) is 5.03. The van der Waals surface area contributed by atoms with Gasteiger partial charge < -0.3 is 20.7 Å². The van der Waals surface area contributed by atoms with Crippen LogP contribution in [0.5, 0.6) is 0 Å². The Morgan fingerprint density at radius 1 is 1.38 bits per heavy atom. The van der Waals surface area contributed by atoms with Crippen LogP contribution in [-0.4, -0.2) is 49.1 Å². The maximum Gasteiger partial charge on any atom is 0.255 e. The number of rotatable bonds is 3. The molecule has 1 atom stereocenters. The molecule has 0 radical (unpaired) electrons. The second-order valence-electron chi connectivity index (χ2n) is 4.84. The summed E-state index contributed by atoms with van der Waals surface area (Å²) >= 11 is 5.98. The minimum atomic E-state index is -0.647. The molecule has 0 aromatic heterocycles. The van der Waals surface area contributed by atoms with Crippen LogP contribution in [0.3, 0.4) is 0 Å². The normalized spacial score (nSPS) is 16.4. The van der Waals surface area contributed by atoms with Crippen molar-refractivity contribution < 1.29 is 14.3 Å². The highest BCUT2D eigenvalue weighted by Gasteiger charge is 2.25. The molecule has 0 aliphatic carbocycles. The molecule has 1 heterocycles. The number of amides is 2. The summed E-state index contributed by atoms with van der Waals surface area (Å²) in [5, 5.41) is 2.90. The molecule has 1 aliphatic rings. The quantitative estimate of drug-likeness (QED) is 0.812. The summed E-state index contributed by atoms with van der Waals surface area (Å²) in [5.74, 6) is -0.593. The van der Waals surface area contributed by atoms with Crippen LogP contribution >= 0.6 is 11.6 Å². The van der Waals surface area contributed by atoms with E-state index in [0.717, 1.165) is 0 Å². The number of carbonyl (C=O) groups excluding carboxylic acids is 2. The fraction of sp³-hybridized carbons (Fsp3) is 0.429. The van der Waals surface area contributed by atoms with Crippen molar-refractivity contribution in [2.45, 2.75) is 13.0 Å². The molecule has 7 heteroatoms. The number of nitrogens with one attached hydrogen (secondary N) is 1. The summed E-state index contributed by atoms with van der Waals surface area (Å²) in [6.45, 7) is 3.75. The first kappa shape index (κ1) is 15.6. The SMILES string of the molecule is CC(NC(=O)c1c(N)cccc1Cl)C(=O)N1CCOCC1. The number of ether oxygens (including phenoxy) is 1. The van der Waals surface area contributed by atoms with Crippen LogP contribution in [0.2, 0.25) is 5.02 Å². The minimum absolute atomic E-state index is 0.141. The molecule has 2 amide bonds. The van der Waals surface area contributed by atoms with Crippen LogP contribution in [0.25, 0.3) is 0 Å². The topological polar surface area (TPSA) is 84.7 Å². The van der Waals surface area contributed by atoms with Crippen LogP contribution in [0, 0.1) is 0 Å². The van der Waals surface area contributed by atoms with Crippen molar-refractivity contribution in [3.05, 3.63) is 28.8 Å². The van der Waals surface area contributed by atoms with Crippen molar-refractivity contribution in [3.8, 4) is 0 Å². The number of halogens is 1. The molecule has 0 bridgehead atoms. The average Bonchev–Trinajstić information content (AvgIpc) is 2.47. The summed E-state index contributed by atoms with van der Waals surface area (Å²) in [4.78, 5) is 26.1. The minimum Gasteiger partial charge on any atom is -0.398 e. The molecule has 2 rings (SSSR count). The van der Waals surface area contributed by atoms with Gasteiger partial charge in [0.25, 0.3) is 5.91 Å². The van der Waals surface area contributed by atoms with Gasteiger partial charge in [0.05, 0.1) is 23.8 Å². The second kappa shape index (κ2) is 6.78. The van der Waals surface area contributed by atoms with Crippen LogP contribution in [-0.2, 0) is 9.53 Å². The number of hydrogen-bond donors (Lipinski definition) is 2. The van der Waals surface area contributed by atoms with Crippen LogP contribution in [0.15, 0.2) is 18.2 Å². The molecule has 3 N–H and O–H groups in total. The van der Waals surface area contributed by atoms with Gasteiger partial charge in [-0.15, -0.1) is 0 Å². The van der Waals surface area contributed by atoms with E-state index >= 15 is 0 Å². The maximum absolute atomic E-state index is 12.2. The van der Waals surface area contributed by atoms with E-state index in [1.54, 1.807) is 30.0 Å². The molecule has 1 aromatic carbocycles. The van der Waals surface area contributed by atoms with Gasteiger partial charge >= 0.3 is 0 Å². The third-order valence-corrected chi connectivity index (χ3v) is 3.63. The van der Waals surface area contributed by atoms with Gasteiger partial charge in [-0.2, -0.15) is 0 Å². The molecular formula is C14H18ClN3O3. The monoisotopic (exact) mass is 311 g/mol. The molecule has 1 aromatic rings. The van der Waals surface area contributed by atoms with E-state index < -0.39 is 11.9 Å². The standard InChI is InChI=1S/C14H18ClN3O3/c1-9(14(20)18-5-7-21-8-6-18)17-13(19)12-10(15)3-2-4-11(12)16/h2-4,9H,5-8,16H2,1H3,(H,17,19). The van der Waals surface area contributed by atoms with Crippen LogP contribution in [0.4, 0.5) is 5.69 Å². The van der Waals surface area contributed by atoms with E-state index in [-0.39, 0.29) is 22.2 Å². The molecule has 0 saturated carbocycles. The van der Waals surface area contributed by atoms with E-state index in [4.69, 9.17) is 22.1 Å². The highest BCUT2D eigenvalue weighted by Crippen LogP contribution is 2.21. The number of hydrogen-bond acceptors (Lipinski definition) is 4. The van der Waals surface area contributed by atoms with Gasteiger partial charge in [-0.3, -0.25) is 9.59 Å². The predicted octanol–water partition coefficient (Wildman–Crippen LogP) is 0.899. The third kappa shape index (κ3) is 3.65. The average molecular weight is 312 g/mol. The number of nitrogens with zero attached hydrogens (tertiary/aromatic N) is 1. The van der Waals surface area contributed by atoms with Gasteiger partial charge in [0.1, 0.15) is 6.04 Å². The lowest BCUT2D eigenvalue weighted by molar-refractivity contribution is -0.136. The molecule has 6 nitrogen and oxygen atoms in total. The zero-order valence-electron chi connectivity index (χ0n) is 11.8. The molecular weight excluding hydrogens is 294 g/mol. The molecule has 1 saturated heterocycles. The Bertz CT molecular complexity index is 524. The molecule has 21 heavy (non-hydrogen) atoms. The number of morpholine rings is 1. The molecule has 1 fully saturated rings. The number of anilines is 1. The van der Waals surface area contributed by atoms with Gasteiger partial charge in [0.2, 0.25) is 5.91 Å². The first-order chi connectivity index (χ1) is 10.0. The smallest absolute Gasteiger partial charge is 0.255 e. The second-order valence-corrected chi connectivity index (χ2v) is 5.24. The summed E-state index contributed by atoms with van der Waals surface area (Å²) in [6.07, 6.45) is 0. The van der Waals surface area contributed by atoms with E-state index in [2.05, 4.69) is 5.32 Å². The van der Waals surface area contributed by atoms with Crippen molar-refractivity contribution in [1.29, 1.82) is 0 Å². The number of nitrogen functional groups attached to an aromatic ring is 1. The van der Waals surface area contributed by atoms with Crippen molar-refractivity contribution in [1.82, 2.24) is 10.2 Å². The van der Waals surface area contributed by atoms with Gasteiger partial charge in [-0.1, -0.05) is 17.7 Å². The summed E-state index contributed by atoms with van der Waals surface area (Å²) < 4.78 is 5.20. The lowest BCUT2D eigenvalue weighted by Crippen LogP contribution is -2.50.